The molecule has 0 aliphatic rings. The van der Waals surface area contributed by atoms with Crippen LogP contribution in [0.25, 0.3) is 21.9 Å². The summed E-state index contributed by atoms with van der Waals surface area (Å²) in [5.74, 6) is 1.60. The van der Waals surface area contributed by atoms with Gasteiger partial charge in [0, 0.05) is 34.6 Å². The maximum Gasteiger partial charge on any atom is 0.133 e. The minimum absolute atomic E-state index is 0.641. The zero-order valence-corrected chi connectivity index (χ0v) is 15.5. The molecule has 4 heteroatoms. The third-order valence-corrected chi connectivity index (χ3v) is 4.50. The smallest absolute Gasteiger partial charge is 0.133 e. The number of methoxy groups -OCH3 is 1. The number of aryl methyl sites for hydroxylation is 1. The van der Waals surface area contributed by atoms with E-state index in [1.54, 1.807) is 7.11 Å². The number of aromatic nitrogens is 1. The average molecular weight is 345 g/mol. The summed E-state index contributed by atoms with van der Waals surface area (Å²) in [7, 11) is 1.66. The second-order valence-corrected chi connectivity index (χ2v) is 6.34. The number of nitriles is 1. The van der Waals surface area contributed by atoms with Crippen molar-refractivity contribution in [1.82, 2.24) is 4.98 Å². The molecule has 0 amide bonds. The topological polar surface area (TPSA) is 57.9 Å². The van der Waals surface area contributed by atoms with Gasteiger partial charge in [-0.2, -0.15) is 5.26 Å². The van der Waals surface area contributed by atoms with Gasteiger partial charge in [0.2, 0.25) is 0 Å². The molecule has 0 aliphatic carbocycles. The maximum absolute atomic E-state index is 9.67. The van der Waals surface area contributed by atoms with Gasteiger partial charge in [-0.3, -0.25) is 0 Å². The van der Waals surface area contributed by atoms with Crippen molar-refractivity contribution in [2.45, 2.75) is 26.7 Å². The zero-order chi connectivity index (χ0) is 18.5. The van der Waals surface area contributed by atoms with Crippen molar-refractivity contribution in [2.24, 2.45) is 0 Å². The Kier molecular flexibility index (Phi) is 5.38. The van der Waals surface area contributed by atoms with Crippen molar-refractivity contribution in [3.05, 3.63) is 53.7 Å². The molecule has 0 saturated carbocycles. The molecule has 0 atom stereocenters. The molecule has 0 bridgehead atoms. The second-order valence-electron chi connectivity index (χ2n) is 6.34. The molecule has 0 aliphatic heterocycles. The van der Waals surface area contributed by atoms with Crippen LogP contribution in [0, 0.1) is 18.3 Å². The van der Waals surface area contributed by atoms with E-state index in [9.17, 15) is 5.26 Å². The highest BCUT2D eigenvalue weighted by Crippen LogP contribution is 2.38. The number of nitrogens with zero attached hydrogens (tertiary/aromatic N) is 2. The van der Waals surface area contributed by atoms with Crippen LogP contribution in [0.3, 0.4) is 0 Å². The Labute approximate surface area is 154 Å². The molecular weight excluding hydrogens is 322 g/mol. The Balaban J connectivity index is 2.26. The van der Waals surface area contributed by atoms with Gasteiger partial charge in [0.15, 0.2) is 0 Å². The molecule has 132 valence electrons. The van der Waals surface area contributed by atoms with Crippen LogP contribution in [0.15, 0.2) is 42.6 Å². The molecular formula is C22H23N3O. The Morgan fingerprint density at radius 1 is 1.19 bits per heavy atom. The summed E-state index contributed by atoms with van der Waals surface area (Å²) >= 11 is 0. The first-order valence-electron chi connectivity index (χ1n) is 8.90. The van der Waals surface area contributed by atoms with Gasteiger partial charge in [-0.15, -0.1) is 0 Å². The number of hydrogen-bond acceptors (Lipinski definition) is 4. The van der Waals surface area contributed by atoms with Gasteiger partial charge >= 0.3 is 0 Å². The molecule has 2 aromatic carbocycles. The summed E-state index contributed by atoms with van der Waals surface area (Å²) < 4.78 is 5.56. The van der Waals surface area contributed by atoms with Gasteiger partial charge in [-0.1, -0.05) is 37.1 Å². The third-order valence-electron chi connectivity index (χ3n) is 4.50. The largest absolute Gasteiger partial charge is 0.496 e. The summed E-state index contributed by atoms with van der Waals surface area (Å²) in [6.07, 6.45) is 4.04. The lowest BCUT2D eigenvalue weighted by molar-refractivity contribution is 0.416. The average Bonchev–Trinajstić information content (AvgIpc) is 2.67. The van der Waals surface area contributed by atoms with Crippen LogP contribution in [0.5, 0.6) is 5.75 Å². The number of pyridine rings is 1. The number of nitrogens with one attached hydrogen (secondary N) is 1. The van der Waals surface area contributed by atoms with Gasteiger partial charge in [-0.25, -0.2) is 4.98 Å². The second kappa shape index (κ2) is 7.88. The first-order chi connectivity index (χ1) is 12.7. The van der Waals surface area contributed by atoms with Crippen LogP contribution in [0.2, 0.25) is 0 Å². The SMILES string of the molecule is CCCCNc1ncc(-c2cc(C)ccc2OC)c2c(C#N)cccc12. The number of unbranched alkanes of at least 4 members (excludes halogenated alkanes) is 1. The first kappa shape index (κ1) is 17.8. The highest BCUT2D eigenvalue weighted by atomic mass is 16.5. The summed E-state index contributed by atoms with van der Waals surface area (Å²) in [6.45, 7) is 5.07. The van der Waals surface area contributed by atoms with E-state index in [0.717, 1.165) is 58.4 Å². The number of rotatable bonds is 6. The molecule has 1 aromatic heterocycles. The molecule has 3 aromatic rings. The van der Waals surface area contributed by atoms with E-state index >= 15 is 0 Å². The van der Waals surface area contributed by atoms with E-state index in [1.807, 2.05) is 43.5 Å². The molecule has 0 unspecified atom stereocenters. The van der Waals surface area contributed by atoms with Gasteiger partial charge in [-0.05, 0) is 31.5 Å². The minimum atomic E-state index is 0.641. The van der Waals surface area contributed by atoms with E-state index in [0.29, 0.717) is 5.56 Å². The lowest BCUT2D eigenvalue weighted by atomic mass is 9.95. The predicted molar refractivity (Wildman–Crippen MR) is 107 cm³/mol. The van der Waals surface area contributed by atoms with Crippen molar-refractivity contribution >= 4 is 16.6 Å². The summed E-state index contributed by atoms with van der Waals surface area (Å²) in [6, 6.07) is 14.2. The van der Waals surface area contributed by atoms with E-state index in [1.165, 1.54) is 0 Å². The van der Waals surface area contributed by atoms with Gasteiger partial charge in [0.25, 0.3) is 0 Å². The van der Waals surface area contributed by atoms with Crippen molar-refractivity contribution in [2.75, 3.05) is 19.0 Å². The summed E-state index contributed by atoms with van der Waals surface area (Å²) in [5, 5.41) is 14.9. The first-order valence-corrected chi connectivity index (χ1v) is 8.90. The fourth-order valence-electron chi connectivity index (χ4n) is 3.16. The Bertz CT molecular complexity index is 973. The van der Waals surface area contributed by atoms with E-state index < -0.39 is 0 Å². The van der Waals surface area contributed by atoms with Crippen LogP contribution in [-0.4, -0.2) is 18.6 Å². The number of hydrogen-bond donors (Lipinski definition) is 1. The van der Waals surface area contributed by atoms with Gasteiger partial charge in [0.05, 0.1) is 18.7 Å². The standard InChI is InChI=1S/C22H23N3O/c1-4-5-11-24-22-17-8-6-7-16(13-23)21(17)19(14-25-22)18-12-15(2)9-10-20(18)26-3/h6-10,12,14H,4-5,11H2,1-3H3,(H,24,25). The van der Waals surface area contributed by atoms with Crippen molar-refractivity contribution in [1.29, 1.82) is 5.26 Å². The van der Waals surface area contributed by atoms with Crippen LogP contribution in [-0.2, 0) is 0 Å². The molecule has 0 spiro atoms. The zero-order valence-electron chi connectivity index (χ0n) is 15.5. The Morgan fingerprint density at radius 3 is 2.77 bits per heavy atom. The quantitative estimate of drug-likeness (QED) is 0.616. The molecule has 1 heterocycles. The fourth-order valence-corrected chi connectivity index (χ4v) is 3.16. The van der Waals surface area contributed by atoms with Crippen LogP contribution in [0.4, 0.5) is 5.82 Å². The molecule has 26 heavy (non-hydrogen) atoms. The maximum atomic E-state index is 9.67. The number of fused-ring (bicyclic) bond motifs is 1. The molecule has 1 N–H and O–H groups in total. The normalized spacial score (nSPS) is 10.5. The fraction of sp³-hybridized carbons (Fsp3) is 0.273. The molecule has 3 rings (SSSR count). The highest BCUT2D eigenvalue weighted by molar-refractivity contribution is 6.05. The number of ether oxygens (including phenoxy) is 1. The molecule has 0 radical (unpaired) electrons. The Morgan fingerprint density at radius 2 is 2.04 bits per heavy atom. The lowest BCUT2D eigenvalue weighted by Crippen LogP contribution is -2.04. The lowest BCUT2D eigenvalue weighted by Gasteiger charge is -2.15. The molecule has 0 fully saturated rings. The summed E-state index contributed by atoms with van der Waals surface area (Å²) in [4.78, 5) is 4.66. The van der Waals surface area contributed by atoms with E-state index in [4.69, 9.17) is 4.74 Å². The minimum Gasteiger partial charge on any atom is -0.496 e. The van der Waals surface area contributed by atoms with E-state index in [-0.39, 0.29) is 0 Å². The monoisotopic (exact) mass is 345 g/mol. The number of anilines is 1. The van der Waals surface area contributed by atoms with Crippen LogP contribution >= 0.6 is 0 Å². The highest BCUT2D eigenvalue weighted by Gasteiger charge is 2.16. The van der Waals surface area contributed by atoms with Gasteiger partial charge in [0.1, 0.15) is 11.6 Å². The summed E-state index contributed by atoms with van der Waals surface area (Å²) in [5.41, 5.74) is 3.64. The van der Waals surface area contributed by atoms with Crippen molar-refractivity contribution in [3.8, 4) is 22.9 Å². The van der Waals surface area contributed by atoms with Crippen LogP contribution < -0.4 is 10.1 Å². The van der Waals surface area contributed by atoms with Crippen molar-refractivity contribution in [3.63, 3.8) is 0 Å². The predicted octanol–water partition coefficient (Wildman–Crippen LogP) is 5.30. The third kappa shape index (κ3) is 3.34. The van der Waals surface area contributed by atoms with E-state index in [2.05, 4.69) is 29.4 Å². The number of benzene rings is 2. The van der Waals surface area contributed by atoms with Gasteiger partial charge < -0.3 is 10.1 Å². The Hall–Kier alpha value is -3.06. The molecule has 0 saturated heterocycles. The van der Waals surface area contributed by atoms with Crippen LogP contribution in [0.1, 0.15) is 30.9 Å². The van der Waals surface area contributed by atoms with Crippen molar-refractivity contribution < 1.29 is 4.74 Å². The molecule has 4 nitrogen and oxygen atoms in total.